The van der Waals surface area contributed by atoms with Gasteiger partial charge in [-0.25, -0.2) is 9.59 Å². The zero-order chi connectivity index (χ0) is 53.0. The van der Waals surface area contributed by atoms with Crippen LogP contribution in [0, 0.1) is 20.2 Å². The van der Waals surface area contributed by atoms with Gasteiger partial charge in [-0.15, -0.1) is 0 Å². The number of nitrogens with one attached hydrogen (secondary N) is 1. The van der Waals surface area contributed by atoms with Crippen molar-refractivity contribution in [2.45, 2.75) is 113 Å². The first-order valence-electron chi connectivity index (χ1n) is 22.3. The molecule has 2 heterocycles. The molecule has 25 heteroatoms. The van der Waals surface area contributed by atoms with Crippen molar-refractivity contribution in [2.75, 3.05) is 0 Å². The van der Waals surface area contributed by atoms with E-state index in [2.05, 4.69) is 0 Å². The van der Waals surface area contributed by atoms with Crippen molar-refractivity contribution in [3.63, 3.8) is 0 Å². The maximum absolute atomic E-state index is 13.9. The number of carbonyl (C=O) groups excluding carboxylic acids is 6. The van der Waals surface area contributed by atoms with Crippen LogP contribution in [0.15, 0.2) is 72.8 Å². The lowest BCUT2D eigenvalue weighted by molar-refractivity contribution is -0.385. The van der Waals surface area contributed by atoms with E-state index in [0.29, 0.717) is 0 Å². The van der Waals surface area contributed by atoms with Crippen molar-refractivity contribution in [3.8, 4) is 11.5 Å². The average Bonchev–Trinajstić information content (AvgIpc) is 3.33. The van der Waals surface area contributed by atoms with Crippen molar-refractivity contribution in [1.29, 1.82) is 0 Å². The number of nitrogens with zero attached hydrogens (tertiary/aromatic N) is 2. The maximum atomic E-state index is 13.9. The number of fused-ring (bicyclic) bond motifs is 3. The number of phenolic OH excluding ortho intramolecular Hbond substituents is 2. The maximum Gasteiger partial charge on any atom is 0.471 e. The lowest BCUT2D eigenvalue weighted by Crippen LogP contribution is -2.60. The standard InChI is InChI=1S/C48H42F3N3O19/c1-20-42(73-45(61)24-10-14-26(15-11-24)54(66)67)30(52-46(62)48(49,50)51)16-33(68-20)72-43-21(2)69-34(17-31(43)71-44(60)23-8-12-25(13-9-23)53(64)65)70-32-19-47(63,22(3)55)18-29-35(32)41(59)37-36(40(29)58)38(56)27-6-4-5-7-28(27)39(37)57/h4-15,20-21,30-34,42-43,58-59,63H,16-19H2,1-3H3,(H,52,62)/t20-,21-,30-,31-,32-,33-,34-,42+,43+,47-/m0/s1. The molecule has 0 bridgehead atoms. The highest BCUT2D eigenvalue weighted by Gasteiger charge is 2.52. The van der Waals surface area contributed by atoms with Crippen LogP contribution in [-0.4, -0.2) is 121 Å². The lowest BCUT2D eigenvalue weighted by atomic mass is 9.72. The number of esters is 2. The Morgan fingerprint density at radius 1 is 0.740 bits per heavy atom. The molecular formula is C48H42F3N3O19. The van der Waals surface area contributed by atoms with Crippen LogP contribution in [-0.2, 0) is 44.4 Å². The van der Waals surface area contributed by atoms with Gasteiger partial charge in [0.1, 0.15) is 35.4 Å². The Bertz CT molecular complexity index is 2950. The van der Waals surface area contributed by atoms with E-state index in [1.54, 1.807) is 5.32 Å². The van der Waals surface area contributed by atoms with Crippen molar-refractivity contribution in [1.82, 2.24) is 5.32 Å². The fourth-order valence-corrected chi connectivity index (χ4v) is 9.36. The molecule has 0 spiro atoms. The third-order valence-electron chi connectivity index (χ3n) is 13.1. The Labute approximate surface area is 409 Å². The highest BCUT2D eigenvalue weighted by atomic mass is 19.4. The van der Waals surface area contributed by atoms with Gasteiger partial charge in [-0.1, -0.05) is 24.3 Å². The number of alkyl halides is 3. The second-order valence-corrected chi connectivity index (χ2v) is 17.7. The van der Waals surface area contributed by atoms with E-state index in [4.69, 9.17) is 28.4 Å². The van der Waals surface area contributed by atoms with Gasteiger partial charge in [0.15, 0.2) is 29.9 Å². The number of carbonyl (C=O) groups is 6. The van der Waals surface area contributed by atoms with Crippen LogP contribution in [0.5, 0.6) is 11.5 Å². The van der Waals surface area contributed by atoms with Crippen molar-refractivity contribution in [3.05, 3.63) is 138 Å². The number of nitro benzene ring substituents is 2. The number of aliphatic hydroxyl groups is 1. The second-order valence-electron chi connectivity index (χ2n) is 17.7. The van der Waals surface area contributed by atoms with Crippen LogP contribution in [0.2, 0.25) is 0 Å². The summed E-state index contributed by atoms with van der Waals surface area (Å²) in [5, 5.41) is 59.6. The summed E-state index contributed by atoms with van der Waals surface area (Å²) >= 11 is 0. The van der Waals surface area contributed by atoms with Gasteiger partial charge in [-0.05, 0) is 45.0 Å². The van der Waals surface area contributed by atoms with Crippen molar-refractivity contribution in [2.24, 2.45) is 0 Å². The quantitative estimate of drug-likeness (QED) is 0.0542. The number of amides is 1. The zero-order valence-electron chi connectivity index (χ0n) is 38.4. The molecule has 2 aliphatic carbocycles. The van der Waals surface area contributed by atoms with E-state index in [0.717, 1.165) is 55.5 Å². The van der Waals surface area contributed by atoms with E-state index in [9.17, 15) is 77.5 Å². The summed E-state index contributed by atoms with van der Waals surface area (Å²) in [5.41, 5.74) is -5.36. The Morgan fingerprint density at radius 3 is 1.74 bits per heavy atom. The van der Waals surface area contributed by atoms with Gasteiger partial charge < -0.3 is 49.1 Å². The third-order valence-corrected chi connectivity index (χ3v) is 13.1. The molecule has 4 aromatic rings. The van der Waals surface area contributed by atoms with Gasteiger partial charge in [0.25, 0.3) is 11.4 Å². The van der Waals surface area contributed by atoms with Crippen LogP contribution >= 0.6 is 0 Å². The number of ether oxygens (including phenoxy) is 6. The molecule has 2 saturated heterocycles. The van der Waals surface area contributed by atoms with E-state index < -0.39 is 160 Å². The number of non-ortho nitro benzene ring substituents is 2. The number of hydrogen-bond donors (Lipinski definition) is 4. The van der Waals surface area contributed by atoms with Crippen LogP contribution < -0.4 is 5.32 Å². The molecule has 0 radical (unpaired) electrons. The SMILES string of the molecule is CC(=O)[C@]1(O)Cc2c(O)c3c(c(O)c2[C@@H](O[C@H]2C[C@H](OC(=O)c4ccc([N+](=O)[O-])cc4)[C@H](O[C@H]4C[C@H](NC(=O)C(F)(F)F)[C@H](OC(=O)c5ccc([N+](=O)[O-])cc5)[C@H](C)O4)[C@H](C)O2)C1)C(=O)c1ccccc1C3=O. The topological polar surface area (TPSA) is 317 Å². The van der Waals surface area contributed by atoms with Crippen molar-refractivity contribution >= 4 is 46.6 Å². The average molecular weight is 1020 g/mol. The van der Waals surface area contributed by atoms with Gasteiger partial charge >= 0.3 is 24.0 Å². The van der Waals surface area contributed by atoms with Crippen LogP contribution in [0.3, 0.4) is 0 Å². The minimum absolute atomic E-state index is 0.0756. The first-order chi connectivity index (χ1) is 34.4. The summed E-state index contributed by atoms with van der Waals surface area (Å²) in [7, 11) is 0. The van der Waals surface area contributed by atoms with Gasteiger partial charge in [0.05, 0.1) is 56.5 Å². The van der Waals surface area contributed by atoms with Gasteiger partial charge in [-0.3, -0.25) is 39.4 Å². The lowest BCUT2D eigenvalue weighted by Gasteiger charge is -2.45. The van der Waals surface area contributed by atoms with E-state index in [1.807, 2.05) is 0 Å². The van der Waals surface area contributed by atoms with Gasteiger partial charge in [0, 0.05) is 72.2 Å². The summed E-state index contributed by atoms with van der Waals surface area (Å²) in [5.74, 6) is -8.73. The third kappa shape index (κ3) is 10.1. The fraction of sp³-hybridized carbons (Fsp3) is 0.375. The molecule has 2 aliphatic heterocycles. The number of hydrogen-bond acceptors (Lipinski definition) is 19. The Balaban J connectivity index is 1.10. The largest absolute Gasteiger partial charge is 0.507 e. The van der Waals surface area contributed by atoms with Gasteiger partial charge in [-0.2, -0.15) is 13.2 Å². The second kappa shape index (κ2) is 19.7. The number of phenols is 2. The zero-order valence-corrected chi connectivity index (χ0v) is 38.4. The fourth-order valence-electron chi connectivity index (χ4n) is 9.36. The number of aromatic hydroxyl groups is 2. The number of benzene rings is 4. The Morgan fingerprint density at radius 2 is 1.23 bits per heavy atom. The molecule has 73 heavy (non-hydrogen) atoms. The molecule has 384 valence electrons. The molecule has 10 atom stereocenters. The van der Waals surface area contributed by atoms with Crippen LogP contribution in [0.25, 0.3) is 0 Å². The summed E-state index contributed by atoms with van der Waals surface area (Å²) in [4.78, 5) is 101. The number of nitro groups is 2. The van der Waals surface area contributed by atoms with E-state index in [-0.39, 0.29) is 44.8 Å². The summed E-state index contributed by atoms with van der Waals surface area (Å²) in [6.07, 6.45) is -19.8. The number of rotatable bonds is 12. The Hall–Kier alpha value is -7.71. The minimum Gasteiger partial charge on any atom is -0.507 e. The number of Topliss-reactive ketones (excluding diaryl/α,β-unsaturated/α-hetero) is 1. The summed E-state index contributed by atoms with van der Waals surface area (Å²) < 4.78 is 77.3. The minimum atomic E-state index is -5.42. The summed E-state index contributed by atoms with van der Waals surface area (Å²) in [6, 6.07) is 12.3. The van der Waals surface area contributed by atoms with E-state index >= 15 is 0 Å². The highest BCUT2D eigenvalue weighted by Crippen LogP contribution is 2.52. The molecule has 4 N–H and O–H groups in total. The van der Waals surface area contributed by atoms with Crippen LogP contribution in [0.1, 0.15) is 110 Å². The first-order valence-corrected chi connectivity index (χ1v) is 22.3. The molecule has 0 aromatic heterocycles. The number of halogens is 3. The molecule has 2 fully saturated rings. The molecule has 4 aromatic carbocycles. The number of ketones is 3. The molecular weight excluding hydrogens is 980 g/mol. The van der Waals surface area contributed by atoms with Crippen molar-refractivity contribution < 1.29 is 95.5 Å². The molecule has 8 rings (SSSR count). The molecule has 0 unspecified atom stereocenters. The molecule has 1 amide bonds. The predicted molar refractivity (Wildman–Crippen MR) is 236 cm³/mol. The predicted octanol–water partition coefficient (Wildman–Crippen LogP) is 5.17. The Kier molecular flexibility index (Phi) is 13.9. The molecule has 22 nitrogen and oxygen atoms in total. The molecule has 0 saturated carbocycles. The molecule has 4 aliphatic rings. The van der Waals surface area contributed by atoms with Gasteiger partial charge in [0.2, 0.25) is 0 Å². The van der Waals surface area contributed by atoms with Crippen LogP contribution in [0.4, 0.5) is 24.5 Å². The normalized spacial score (nSPS) is 26.6. The summed E-state index contributed by atoms with van der Waals surface area (Å²) in [6.45, 7) is 3.72. The first kappa shape index (κ1) is 51.6. The monoisotopic (exact) mass is 1020 g/mol. The smallest absolute Gasteiger partial charge is 0.471 e. The highest BCUT2D eigenvalue weighted by molar-refractivity contribution is 6.30. The van der Waals surface area contributed by atoms with E-state index in [1.165, 1.54) is 38.1 Å².